The Kier molecular flexibility index (Phi) is 6.75. The van der Waals surface area contributed by atoms with Crippen molar-refractivity contribution in [2.75, 3.05) is 7.11 Å². The molecule has 0 fully saturated rings. The van der Waals surface area contributed by atoms with Crippen LogP contribution < -0.4 is 0 Å². The highest BCUT2D eigenvalue weighted by molar-refractivity contribution is 6.09. The Balaban J connectivity index is 0.00000144. The van der Waals surface area contributed by atoms with Crippen molar-refractivity contribution < 1.29 is 9.52 Å². The SMILES string of the molecule is C=C/C=C(\C)C1(c2ccc(-c3cccc4c3oc3ccccc34)cc2)C(C)=C(C=C)c2ccccc21.CO. The Morgan fingerprint density at radius 2 is 1.45 bits per heavy atom. The molecule has 4 aromatic carbocycles. The van der Waals surface area contributed by atoms with Gasteiger partial charge in [-0.3, -0.25) is 0 Å². The van der Waals surface area contributed by atoms with E-state index >= 15 is 0 Å². The molecule has 0 radical (unpaired) electrons. The molecule has 1 heterocycles. The minimum Gasteiger partial charge on any atom is -0.455 e. The summed E-state index contributed by atoms with van der Waals surface area (Å²) in [7, 11) is 1.00. The van der Waals surface area contributed by atoms with E-state index in [1.165, 1.54) is 33.4 Å². The average Bonchev–Trinajstić information content (AvgIpc) is 3.47. The van der Waals surface area contributed by atoms with E-state index in [4.69, 9.17) is 9.52 Å². The number of furan rings is 1. The maximum absolute atomic E-state index is 7.00. The maximum Gasteiger partial charge on any atom is 0.143 e. The highest BCUT2D eigenvalue weighted by atomic mass is 16.3. The Hall–Kier alpha value is -4.40. The Morgan fingerprint density at radius 1 is 0.789 bits per heavy atom. The summed E-state index contributed by atoms with van der Waals surface area (Å²) in [4.78, 5) is 0. The van der Waals surface area contributed by atoms with Crippen LogP contribution in [0.3, 0.4) is 0 Å². The van der Waals surface area contributed by atoms with Gasteiger partial charge in [0.15, 0.2) is 0 Å². The van der Waals surface area contributed by atoms with E-state index in [2.05, 4.69) is 112 Å². The van der Waals surface area contributed by atoms with Gasteiger partial charge in [0.1, 0.15) is 11.2 Å². The number of hydrogen-bond donors (Lipinski definition) is 1. The van der Waals surface area contributed by atoms with Gasteiger partial charge in [0.05, 0.1) is 5.41 Å². The number of hydrogen-bond acceptors (Lipinski definition) is 2. The fraction of sp³-hybridized carbons (Fsp3) is 0.111. The second-order valence-corrected chi connectivity index (χ2v) is 9.48. The van der Waals surface area contributed by atoms with Crippen LogP contribution in [0.2, 0.25) is 0 Å². The number of para-hydroxylation sites is 2. The first-order valence-corrected chi connectivity index (χ1v) is 12.8. The molecule has 38 heavy (non-hydrogen) atoms. The minimum atomic E-state index is -0.363. The number of allylic oxidation sites excluding steroid dienone is 6. The zero-order valence-electron chi connectivity index (χ0n) is 22.2. The molecule has 0 aliphatic heterocycles. The van der Waals surface area contributed by atoms with E-state index in [9.17, 15) is 0 Å². The molecule has 1 unspecified atom stereocenters. The largest absolute Gasteiger partial charge is 0.455 e. The lowest BCUT2D eigenvalue weighted by Gasteiger charge is -2.35. The number of benzene rings is 4. The Bertz CT molecular complexity index is 1730. The topological polar surface area (TPSA) is 33.4 Å². The van der Waals surface area contributed by atoms with E-state index in [1.807, 2.05) is 24.3 Å². The monoisotopic (exact) mass is 496 g/mol. The van der Waals surface area contributed by atoms with E-state index in [-0.39, 0.29) is 5.41 Å². The normalized spacial score (nSPS) is 16.8. The molecule has 1 aliphatic rings. The van der Waals surface area contributed by atoms with E-state index in [0.717, 1.165) is 40.2 Å². The standard InChI is InChI=1S/C35H28O.CH4O/c1-5-12-23(3)35(24(4)27(6-2)29-13-7-9-17-32(29)35)26-21-19-25(20-22-26)28-15-11-16-31-30-14-8-10-18-33(30)36-34(28)31;1-2/h5-22H,1-2H2,3-4H3;2H,1H3/b23-12+;. The van der Waals surface area contributed by atoms with Gasteiger partial charge in [0.2, 0.25) is 0 Å². The van der Waals surface area contributed by atoms with Crippen molar-refractivity contribution in [1.29, 1.82) is 0 Å². The molecule has 188 valence electrons. The summed E-state index contributed by atoms with van der Waals surface area (Å²) >= 11 is 0. The van der Waals surface area contributed by atoms with Crippen molar-refractivity contribution in [1.82, 2.24) is 0 Å². The second kappa shape index (κ2) is 10.2. The highest BCUT2D eigenvalue weighted by Crippen LogP contribution is 2.54. The first-order valence-electron chi connectivity index (χ1n) is 12.8. The number of rotatable bonds is 5. The zero-order chi connectivity index (χ0) is 26.9. The molecule has 2 nitrogen and oxygen atoms in total. The van der Waals surface area contributed by atoms with Crippen LogP contribution in [0.1, 0.15) is 30.5 Å². The summed E-state index contributed by atoms with van der Waals surface area (Å²) in [5.41, 5.74) is 11.2. The molecule has 0 saturated carbocycles. The average molecular weight is 497 g/mol. The van der Waals surface area contributed by atoms with Gasteiger partial charge in [-0.05, 0) is 53.3 Å². The number of aliphatic hydroxyl groups is 1. The summed E-state index contributed by atoms with van der Waals surface area (Å²) in [6.07, 6.45) is 6.01. The van der Waals surface area contributed by atoms with E-state index in [0.29, 0.717) is 0 Å². The van der Waals surface area contributed by atoms with Crippen molar-refractivity contribution >= 4 is 27.5 Å². The Labute approximate surface area is 224 Å². The van der Waals surface area contributed by atoms with Crippen LogP contribution >= 0.6 is 0 Å². The fourth-order valence-corrected chi connectivity index (χ4v) is 6.20. The molecule has 5 aromatic rings. The molecule has 1 aliphatic carbocycles. The fourth-order valence-electron chi connectivity index (χ4n) is 6.20. The molecule has 6 rings (SSSR count). The molecule has 0 bridgehead atoms. The van der Waals surface area contributed by atoms with Crippen LogP contribution in [0.4, 0.5) is 0 Å². The predicted molar refractivity (Wildman–Crippen MR) is 161 cm³/mol. The van der Waals surface area contributed by atoms with Crippen LogP contribution in [0.15, 0.2) is 138 Å². The number of fused-ring (bicyclic) bond motifs is 4. The minimum absolute atomic E-state index is 0.363. The third kappa shape index (κ3) is 3.60. The van der Waals surface area contributed by atoms with Crippen molar-refractivity contribution in [2.45, 2.75) is 19.3 Å². The van der Waals surface area contributed by atoms with Gasteiger partial charge >= 0.3 is 0 Å². The van der Waals surface area contributed by atoms with Crippen LogP contribution in [-0.2, 0) is 5.41 Å². The summed E-state index contributed by atoms with van der Waals surface area (Å²) < 4.78 is 6.31. The summed E-state index contributed by atoms with van der Waals surface area (Å²) in [6, 6.07) is 32.3. The van der Waals surface area contributed by atoms with Crippen LogP contribution in [0, 0.1) is 0 Å². The van der Waals surface area contributed by atoms with Gasteiger partial charge in [-0.1, -0.05) is 122 Å². The molecular formula is C36H32O2. The smallest absolute Gasteiger partial charge is 0.143 e. The van der Waals surface area contributed by atoms with Crippen molar-refractivity contribution in [3.8, 4) is 11.1 Å². The van der Waals surface area contributed by atoms with Gasteiger partial charge in [-0.25, -0.2) is 0 Å². The van der Waals surface area contributed by atoms with Gasteiger partial charge in [0.25, 0.3) is 0 Å². The molecule has 0 saturated heterocycles. The first kappa shape index (κ1) is 25.3. The van der Waals surface area contributed by atoms with Crippen molar-refractivity contribution in [2.24, 2.45) is 0 Å². The third-order valence-corrected chi connectivity index (χ3v) is 7.78. The lowest BCUT2D eigenvalue weighted by Crippen LogP contribution is -2.29. The molecule has 0 amide bonds. The Morgan fingerprint density at radius 3 is 2.18 bits per heavy atom. The quantitative estimate of drug-likeness (QED) is 0.246. The van der Waals surface area contributed by atoms with Gasteiger partial charge in [0, 0.05) is 23.4 Å². The third-order valence-electron chi connectivity index (χ3n) is 7.78. The molecule has 1 N–H and O–H groups in total. The lowest BCUT2D eigenvalue weighted by molar-refractivity contribution is 0.399. The molecule has 0 spiro atoms. The van der Waals surface area contributed by atoms with Crippen molar-refractivity contribution in [3.63, 3.8) is 0 Å². The van der Waals surface area contributed by atoms with Gasteiger partial charge in [-0.2, -0.15) is 0 Å². The molecular weight excluding hydrogens is 464 g/mol. The van der Waals surface area contributed by atoms with Gasteiger partial charge < -0.3 is 9.52 Å². The summed E-state index contributed by atoms with van der Waals surface area (Å²) in [6.45, 7) is 12.6. The maximum atomic E-state index is 7.00. The van der Waals surface area contributed by atoms with E-state index in [1.54, 1.807) is 0 Å². The molecule has 1 aromatic heterocycles. The summed E-state index contributed by atoms with van der Waals surface area (Å²) in [5.74, 6) is 0. The lowest BCUT2D eigenvalue weighted by atomic mass is 9.67. The summed E-state index contributed by atoms with van der Waals surface area (Å²) in [5, 5.41) is 9.29. The second-order valence-electron chi connectivity index (χ2n) is 9.48. The molecule has 2 heteroatoms. The highest BCUT2D eigenvalue weighted by Gasteiger charge is 2.44. The zero-order valence-corrected chi connectivity index (χ0v) is 22.2. The van der Waals surface area contributed by atoms with Crippen LogP contribution in [-0.4, -0.2) is 12.2 Å². The van der Waals surface area contributed by atoms with Gasteiger partial charge in [-0.15, -0.1) is 0 Å². The first-order chi connectivity index (χ1) is 18.6. The van der Waals surface area contributed by atoms with Crippen molar-refractivity contribution in [3.05, 3.63) is 150 Å². The molecule has 1 atom stereocenters. The van der Waals surface area contributed by atoms with Crippen LogP contribution in [0.5, 0.6) is 0 Å². The predicted octanol–water partition coefficient (Wildman–Crippen LogP) is 9.25. The van der Waals surface area contributed by atoms with Crippen LogP contribution in [0.25, 0.3) is 38.6 Å². The van der Waals surface area contributed by atoms with E-state index < -0.39 is 0 Å². The number of aliphatic hydroxyl groups excluding tert-OH is 1.